The third-order valence-electron chi connectivity index (χ3n) is 2.44. The molecule has 0 unspecified atom stereocenters. The van der Waals surface area contributed by atoms with E-state index in [1.54, 1.807) is 24.9 Å². The number of aromatic nitrogens is 2. The zero-order valence-corrected chi connectivity index (χ0v) is 11.0. The minimum atomic E-state index is -0.626. The summed E-state index contributed by atoms with van der Waals surface area (Å²) >= 11 is 0. The van der Waals surface area contributed by atoms with Crippen molar-refractivity contribution in [3.8, 4) is 0 Å². The summed E-state index contributed by atoms with van der Waals surface area (Å²) in [6.45, 7) is 2.05. The Bertz CT molecular complexity index is 430. The summed E-state index contributed by atoms with van der Waals surface area (Å²) in [7, 11) is 4.74. The molecular formula is C11H18N4O3. The van der Waals surface area contributed by atoms with Crippen LogP contribution >= 0.6 is 0 Å². The van der Waals surface area contributed by atoms with Gasteiger partial charge in [0, 0.05) is 32.4 Å². The predicted octanol–water partition coefficient (Wildman–Crippen LogP) is 0.123. The molecular weight excluding hydrogens is 236 g/mol. The number of nitrogens with zero attached hydrogens (tertiary/aromatic N) is 3. The molecule has 1 heterocycles. The summed E-state index contributed by atoms with van der Waals surface area (Å²) in [5, 5.41) is 6.45. The molecule has 7 nitrogen and oxygen atoms in total. The van der Waals surface area contributed by atoms with Crippen molar-refractivity contribution in [1.82, 2.24) is 20.0 Å². The van der Waals surface area contributed by atoms with Crippen molar-refractivity contribution in [2.45, 2.75) is 19.5 Å². The van der Waals surface area contributed by atoms with E-state index in [0.29, 0.717) is 6.54 Å². The molecule has 0 aromatic carbocycles. The highest BCUT2D eigenvalue weighted by molar-refractivity contribution is 5.85. The number of hydrogen-bond acceptors (Lipinski definition) is 4. The Hall–Kier alpha value is -2.05. The maximum atomic E-state index is 11.9. The number of nitrogens with one attached hydrogen (secondary N) is 1. The number of hydrogen-bond donors (Lipinski definition) is 1. The maximum absolute atomic E-state index is 11.9. The summed E-state index contributed by atoms with van der Waals surface area (Å²) in [6, 6.07) is -0.626. The zero-order chi connectivity index (χ0) is 13.7. The summed E-state index contributed by atoms with van der Waals surface area (Å²) in [4.78, 5) is 24.5. The van der Waals surface area contributed by atoms with Gasteiger partial charge in [0.05, 0.1) is 13.3 Å². The Balaban J connectivity index is 2.52. The van der Waals surface area contributed by atoms with Crippen LogP contribution in [0, 0.1) is 0 Å². The maximum Gasteiger partial charge on any atom is 0.407 e. The molecule has 1 atom stereocenters. The third kappa shape index (κ3) is 3.76. The monoisotopic (exact) mass is 254 g/mol. The number of rotatable bonds is 4. The van der Waals surface area contributed by atoms with Gasteiger partial charge in [0.15, 0.2) is 0 Å². The Morgan fingerprint density at radius 1 is 1.61 bits per heavy atom. The van der Waals surface area contributed by atoms with Crippen LogP contribution in [0.15, 0.2) is 12.4 Å². The van der Waals surface area contributed by atoms with E-state index in [0.717, 1.165) is 5.56 Å². The van der Waals surface area contributed by atoms with Crippen molar-refractivity contribution in [2.24, 2.45) is 7.05 Å². The Labute approximate surface area is 106 Å². The van der Waals surface area contributed by atoms with Crippen molar-refractivity contribution in [1.29, 1.82) is 0 Å². The average molecular weight is 254 g/mol. The predicted molar refractivity (Wildman–Crippen MR) is 64.7 cm³/mol. The van der Waals surface area contributed by atoms with Gasteiger partial charge in [0.1, 0.15) is 6.04 Å². The molecule has 1 N–H and O–H groups in total. The molecule has 1 aromatic rings. The first-order valence-electron chi connectivity index (χ1n) is 5.51. The number of aryl methyl sites for hydroxylation is 1. The van der Waals surface area contributed by atoms with Gasteiger partial charge in [-0.25, -0.2) is 4.79 Å². The fourth-order valence-electron chi connectivity index (χ4n) is 1.53. The molecule has 1 rings (SSSR count). The van der Waals surface area contributed by atoms with Crippen molar-refractivity contribution >= 4 is 12.0 Å². The zero-order valence-electron chi connectivity index (χ0n) is 11.0. The number of carbonyl (C=O) groups is 2. The first-order chi connectivity index (χ1) is 8.43. The molecule has 100 valence electrons. The molecule has 0 bridgehead atoms. The Morgan fingerprint density at radius 2 is 2.28 bits per heavy atom. The van der Waals surface area contributed by atoms with Gasteiger partial charge in [0.2, 0.25) is 5.91 Å². The topological polar surface area (TPSA) is 76.5 Å². The van der Waals surface area contributed by atoms with E-state index in [2.05, 4.69) is 15.2 Å². The number of likely N-dealkylation sites (N-methyl/N-ethyl adjacent to an activating group) is 1. The summed E-state index contributed by atoms with van der Waals surface area (Å²) in [5.41, 5.74) is 0.929. The van der Waals surface area contributed by atoms with E-state index in [1.807, 2.05) is 13.2 Å². The first-order valence-corrected chi connectivity index (χ1v) is 5.51. The van der Waals surface area contributed by atoms with E-state index in [9.17, 15) is 9.59 Å². The van der Waals surface area contributed by atoms with Gasteiger partial charge in [-0.15, -0.1) is 0 Å². The van der Waals surface area contributed by atoms with Crippen molar-refractivity contribution in [3.63, 3.8) is 0 Å². The second-order valence-corrected chi connectivity index (χ2v) is 4.07. The molecule has 7 heteroatoms. The van der Waals surface area contributed by atoms with Crippen LogP contribution < -0.4 is 5.32 Å². The van der Waals surface area contributed by atoms with Crippen LogP contribution in [0.25, 0.3) is 0 Å². The van der Waals surface area contributed by atoms with Crippen molar-refractivity contribution < 1.29 is 14.3 Å². The quantitative estimate of drug-likeness (QED) is 0.828. The molecule has 2 amide bonds. The standard InChI is InChI=1S/C11H18N4O3/c1-8(13-11(17)18-4)10(16)14(2)6-9-5-12-15(3)7-9/h5,7-8H,6H2,1-4H3,(H,13,17)/t8-/m1/s1. The molecule has 0 aliphatic carbocycles. The van der Waals surface area contributed by atoms with Crippen LogP contribution in [0.5, 0.6) is 0 Å². The van der Waals surface area contributed by atoms with Crippen LogP contribution in [0.2, 0.25) is 0 Å². The second kappa shape index (κ2) is 6.04. The summed E-state index contributed by atoms with van der Waals surface area (Å²) in [6.07, 6.45) is 2.91. The molecule has 0 saturated carbocycles. The van der Waals surface area contributed by atoms with Gasteiger partial charge < -0.3 is 15.0 Å². The highest BCUT2D eigenvalue weighted by Gasteiger charge is 2.19. The van der Waals surface area contributed by atoms with E-state index < -0.39 is 12.1 Å². The smallest absolute Gasteiger partial charge is 0.407 e. The lowest BCUT2D eigenvalue weighted by molar-refractivity contribution is -0.132. The normalized spacial score (nSPS) is 11.8. The Kier molecular flexibility index (Phi) is 4.70. The van der Waals surface area contributed by atoms with Crippen LogP contribution in [-0.4, -0.2) is 46.9 Å². The third-order valence-corrected chi connectivity index (χ3v) is 2.44. The lowest BCUT2D eigenvalue weighted by atomic mass is 10.2. The largest absolute Gasteiger partial charge is 0.453 e. The van der Waals surface area contributed by atoms with Crippen LogP contribution in [-0.2, 0) is 23.1 Å². The van der Waals surface area contributed by atoms with Crippen molar-refractivity contribution in [2.75, 3.05) is 14.2 Å². The van der Waals surface area contributed by atoms with Gasteiger partial charge >= 0.3 is 6.09 Å². The molecule has 1 aromatic heterocycles. The number of amides is 2. The molecule has 0 spiro atoms. The minimum Gasteiger partial charge on any atom is -0.453 e. The number of carbonyl (C=O) groups excluding carboxylic acids is 2. The highest BCUT2D eigenvalue weighted by atomic mass is 16.5. The van der Waals surface area contributed by atoms with Crippen LogP contribution in [0.4, 0.5) is 4.79 Å². The number of ether oxygens (including phenoxy) is 1. The molecule has 18 heavy (non-hydrogen) atoms. The van der Waals surface area contributed by atoms with E-state index in [4.69, 9.17) is 0 Å². The molecule has 0 saturated heterocycles. The SMILES string of the molecule is COC(=O)N[C@H](C)C(=O)N(C)Cc1cnn(C)c1. The van der Waals surface area contributed by atoms with E-state index in [1.165, 1.54) is 12.0 Å². The van der Waals surface area contributed by atoms with Gasteiger partial charge in [-0.1, -0.05) is 0 Å². The molecule has 0 aliphatic rings. The Morgan fingerprint density at radius 3 is 2.78 bits per heavy atom. The van der Waals surface area contributed by atoms with Gasteiger partial charge in [-0.3, -0.25) is 9.48 Å². The highest BCUT2D eigenvalue weighted by Crippen LogP contribution is 2.03. The van der Waals surface area contributed by atoms with E-state index in [-0.39, 0.29) is 5.91 Å². The number of methoxy groups -OCH3 is 1. The fourth-order valence-corrected chi connectivity index (χ4v) is 1.53. The van der Waals surface area contributed by atoms with Gasteiger partial charge in [-0.2, -0.15) is 5.10 Å². The molecule has 0 fully saturated rings. The molecule has 0 aliphatic heterocycles. The van der Waals surface area contributed by atoms with E-state index >= 15 is 0 Å². The van der Waals surface area contributed by atoms with Crippen molar-refractivity contribution in [3.05, 3.63) is 18.0 Å². The number of alkyl carbamates (subject to hydrolysis) is 1. The van der Waals surface area contributed by atoms with Gasteiger partial charge in [-0.05, 0) is 6.92 Å². The lowest BCUT2D eigenvalue weighted by Crippen LogP contribution is -2.45. The van der Waals surface area contributed by atoms with Crippen LogP contribution in [0.3, 0.4) is 0 Å². The molecule has 0 radical (unpaired) electrons. The van der Waals surface area contributed by atoms with Gasteiger partial charge in [0.25, 0.3) is 0 Å². The summed E-state index contributed by atoms with van der Waals surface area (Å²) < 4.78 is 6.11. The first kappa shape index (κ1) is 14.0. The minimum absolute atomic E-state index is 0.191. The van der Waals surface area contributed by atoms with Crippen LogP contribution in [0.1, 0.15) is 12.5 Å². The summed E-state index contributed by atoms with van der Waals surface area (Å²) in [5.74, 6) is -0.191. The second-order valence-electron chi connectivity index (χ2n) is 4.07. The lowest BCUT2D eigenvalue weighted by Gasteiger charge is -2.21. The average Bonchev–Trinajstić information content (AvgIpc) is 2.73. The fraction of sp³-hybridized carbons (Fsp3) is 0.545.